The van der Waals surface area contributed by atoms with Crippen LogP contribution in [0.5, 0.6) is 5.75 Å². The summed E-state index contributed by atoms with van der Waals surface area (Å²) in [6.07, 6.45) is 3.53. The number of carbonyl (C=O) groups excluding carboxylic acids is 1. The largest absolute Gasteiger partial charge is 0.504 e. The number of carbonyl (C=O) groups is 1. The van der Waals surface area contributed by atoms with Crippen LogP contribution in [0.15, 0.2) is 21.4 Å². The van der Waals surface area contributed by atoms with Gasteiger partial charge in [0.1, 0.15) is 10.7 Å². The van der Waals surface area contributed by atoms with E-state index in [0.29, 0.717) is 30.9 Å². The second kappa shape index (κ2) is 8.68. The first-order valence-corrected chi connectivity index (χ1v) is 12.2. The number of urea groups is 1. The summed E-state index contributed by atoms with van der Waals surface area (Å²) in [5.74, 6) is 0.613. The maximum atomic E-state index is 13.1. The van der Waals surface area contributed by atoms with Gasteiger partial charge < -0.3 is 25.5 Å². The number of amides is 2. The molecule has 1 fully saturated rings. The third-order valence-corrected chi connectivity index (χ3v) is 8.36. The van der Waals surface area contributed by atoms with Crippen LogP contribution in [0.25, 0.3) is 0 Å². The molecule has 2 aliphatic rings. The Labute approximate surface area is 185 Å². The van der Waals surface area contributed by atoms with Gasteiger partial charge in [0.25, 0.3) is 0 Å². The van der Waals surface area contributed by atoms with Gasteiger partial charge in [-0.1, -0.05) is 11.6 Å². The van der Waals surface area contributed by atoms with Gasteiger partial charge in [-0.3, -0.25) is 0 Å². The van der Waals surface area contributed by atoms with Gasteiger partial charge in [-0.2, -0.15) is 0 Å². The number of sulfone groups is 1. The van der Waals surface area contributed by atoms with E-state index in [9.17, 15) is 18.3 Å². The fraction of sp³-hybridized carbons (Fsp3) is 0.500. The number of piperidine rings is 1. The zero-order valence-corrected chi connectivity index (χ0v) is 18.6. The number of halogens is 1. The van der Waals surface area contributed by atoms with E-state index in [4.69, 9.17) is 16.0 Å². The highest BCUT2D eigenvalue weighted by atomic mass is 35.5. The van der Waals surface area contributed by atoms with Gasteiger partial charge in [-0.25, -0.2) is 18.2 Å². The van der Waals surface area contributed by atoms with Crippen molar-refractivity contribution in [3.8, 4) is 5.75 Å². The fourth-order valence-electron chi connectivity index (χ4n) is 4.17. The van der Waals surface area contributed by atoms with E-state index in [-0.39, 0.29) is 28.2 Å². The Morgan fingerprint density at radius 3 is 2.87 bits per heavy atom. The summed E-state index contributed by atoms with van der Waals surface area (Å²) in [5.41, 5.74) is 0.798. The van der Waals surface area contributed by atoms with Crippen LogP contribution in [-0.2, 0) is 16.3 Å². The monoisotopic (exact) mass is 468 g/mol. The van der Waals surface area contributed by atoms with Gasteiger partial charge in [0.05, 0.1) is 27.7 Å². The molecule has 2 unspecified atom stereocenters. The molecule has 11 heteroatoms. The SMILES string of the molecule is Cc1nc2c(o1)C(NC(=O)Nc1ccc(Cl)c(S(=O)(=O)C3CCCNC3)c1O)CCC2. The van der Waals surface area contributed by atoms with Crippen molar-refractivity contribution in [3.05, 3.63) is 34.5 Å². The van der Waals surface area contributed by atoms with E-state index < -0.39 is 26.9 Å². The van der Waals surface area contributed by atoms with E-state index in [2.05, 4.69) is 20.9 Å². The Hall–Kier alpha value is -2.30. The molecule has 1 aromatic heterocycles. The van der Waals surface area contributed by atoms with Crippen LogP contribution in [0.2, 0.25) is 5.02 Å². The summed E-state index contributed by atoms with van der Waals surface area (Å²) in [4.78, 5) is 16.6. The number of phenolic OH excluding ortho intramolecular Hbond substituents is 1. The van der Waals surface area contributed by atoms with Crippen LogP contribution in [-0.4, -0.2) is 42.9 Å². The first-order valence-electron chi connectivity index (χ1n) is 10.3. The van der Waals surface area contributed by atoms with Crippen LogP contribution < -0.4 is 16.0 Å². The molecule has 0 radical (unpaired) electrons. The topological polar surface area (TPSA) is 134 Å². The van der Waals surface area contributed by atoms with Gasteiger partial charge in [-0.05, 0) is 50.8 Å². The van der Waals surface area contributed by atoms with Crippen molar-refractivity contribution in [2.24, 2.45) is 0 Å². The second-order valence-electron chi connectivity index (χ2n) is 7.87. The van der Waals surface area contributed by atoms with Crippen molar-refractivity contribution in [1.29, 1.82) is 0 Å². The highest BCUT2D eigenvalue weighted by molar-refractivity contribution is 7.92. The minimum Gasteiger partial charge on any atom is -0.504 e. The Bertz CT molecular complexity index is 1100. The molecule has 9 nitrogen and oxygen atoms in total. The molecule has 4 N–H and O–H groups in total. The molecule has 0 bridgehead atoms. The maximum absolute atomic E-state index is 13.1. The molecule has 2 aromatic rings. The lowest BCUT2D eigenvalue weighted by molar-refractivity contribution is 0.243. The zero-order valence-electron chi connectivity index (χ0n) is 17.1. The van der Waals surface area contributed by atoms with Crippen LogP contribution in [0, 0.1) is 6.92 Å². The van der Waals surface area contributed by atoms with Gasteiger partial charge >= 0.3 is 6.03 Å². The molecule has 2 atom stereocenters. The van der Waals surface area contributed by atoms with Crippen molar-refractivity contribution in [2.45, 2.75) is 55.2 Å². The van der Waals surface area contributed by atoms with Crippen molar-refractivity contribution < 1.29 is 22.7 Å². The summed E-state index contributed by atoms with van der Waals surface area (Å²) in [6.45, 7) is 2.79. The molecular weight excluding hydrogens is 444 g/mol. The van der Waals surface area contributed by atoms with Crippen molar-refractivity contribution >= 4 is 33.2 Å². The molecule has 1 aliphatic heterocycles. The highest BCUT2D eigenvalue weighted by Crippen LogP contribution is 2.39. The molecule has 0 saturated carbocycles. The minimum atomic E-state index is -3.89. The second-order valence-corrected chi connectivity index (χ2v) is 10.4. The molecule has 1 aromatic carbocycles. The summed E-state index contributed by atoms with van der Waals surface area (Å²) < 4.78 is 31.8. The summed E-state index contributed by atoms with van der Waals surface area (Å²) in [5, 5.41) is 18.3. The number of rotatable bonds is 4. The highest BCUT2D eigenvalue weighted by Gasteiger charge is 2.34. The number of nitrogens with one attached hydrogen (secondary N) is 3. The minimum absolute atomic E-state index is 0.0333. The number of oxazole rings is 1. The lowest BCUT2D eigenvalue weighted by Crippen LogP contribution is -2.39. The van der Waals surface area contributed by atoms with Crippen LogP contribution in [0.1, 0.15) is 49.1 Å². The Morgan fingerprint density at radius 1 is 1.32 bits per heavy atom. The van der Waals surface area contributed by atoms with Crippen molar-refractivity contribution in [3.63, 3.8) is 0 Å². The van der Waals surface area contributed by atoms with Crippen LogP contribution in [0.4, 0.5) is 10.5 Å². The Morgan fingerprint density at radius 2 is 2.13 bits per heavy atom. The average Bonchev–Trinajstić information content (AvgIpc) is 3.12. The average molecular weight is 469 g/mol. The lowest BCUT2D eigenvalue weighted by atomic mass is 9.97. The summed E-state index contributed by atoms with van der Waals surface area (Å²) in [6, 6.07) is 1.79. The Kier molecular flexibility index (Phi) is 6.14. The van der Waals surface area contributed by atoms with Crippen LogP contribution in [0.3, 0.4) is 0 Å². The molecule has 4 rings (SSSR count). The van der Waals surface area contributed by atoms with E-state index in [1.165, 1.54) is 12.1 Å². The molecule has 2 heterocycles. The van der Waals surface area contributed by atoms with Gasteiger partial charge in [-0.15, -0.1) is 0 Å². The fourth-order valence-corrected chi connectivity index (χ4v) is 6.51. The number of aryl methyl sites for hydroxylation is 2. The lowest BCUT2D eigenvalue weighted by Gasteiger charge is -2.24. The number of aromatic hydroxyl groups is 1. The predicted octanol–water partition coefficient (Wildman–Crippen LogP) is 3.07. The molecule has 1 aliphatic carbocycles. The number of fused-ring (bicyclic) bond motifs is 1. The molecule has 2 amide bonds. The number of phenols is 1. The predicted molar refractivity (Wildman–Crippen MR) is 115 cm³/mol. The van der Waals surface area contributed by atoms with E-state index in [0.717, 1.165) is 25.1 Å². The molecule has 168 valence electrons. The van der Waals surface area contributed by atoms with E-state index in [1.54, 1.807) is 6.92 Å². The molecule has 1 saturated heterocycles. The number of hydrogen-bond acceptors (Lipinski definition) is 7. The summed E-state index contributed by atoms with van der Waals surface area (Å²) in [7, 11) is -3.89. The van der Waals surface area contributed by atoms with E-state index >= 15 is 0 Å². The first kappa shape index (κ1) is 21.9. The summed E-state index contributed by atoms with van der Waals surface area (Å²) >= 11 is 6.15. The normalized spacial score (nSPS) is 21.4. The number of hydrogen-bond donors (Lipinski definition) is 4. The number of benzene rings is 1. The standard InChI is InChI=1S/C20H25ClN4O5S/c1-11-23-15-5-2-6-16(18(15)30-11)25-20(27)24-14-8-7-13(21)19(17(14)26)31(28,29)12-4-3-9-22-10-12/h7-8,12,16,22,26H,2-6,9-10H2,1H3,(H2,24,25,27). The Balaban J connectivity index is 1.54. The van der Waals surface area contributed by atoms with Gasteiger partial charge in [0.2, 0.25) is 0 Å². The van der Waals surface area contributed by atoms with E-state index in [1.807, 2.05) is 0 Å². The number of aromatic nitrogens is 1. The quantitative estimate of drug-likeness (QED) is 0.506. The zero-order chi connectivity index (χ0) is 22.2. The molecule has 31 heavy (non-hydrogen) atoms. The van der Waals surface area contributed by atoms with Gasteiger partial charge in [0, 0.05) is 13.5 Å². The molecular formula is C20H25ClN4O5S. The third-order valence-electron chi connectivity index (χ3n) is 5.67. The third kappa shape index (κ3) is 4.37. The van der Waals surface area contributed by atoms with Gasteiger partial charge in [0.15, 0.2) is 21.5 Å². The number of anilines is 1. The molecule has 0 spiro atoms. The first-order chi connectivity index (χ1) is 14.8. The van der Waals surface area contributed by atoms with Crippen molar-refractivity contribution in [2.75, 3.05) is 18.4 Å². The van der Waals surface area contributed by atoms with Crippen molar-refractivity contribution in [1.82, 2.24) is 15.6 Å². The van der Waals surface area contributed by atoms with Crippen LogP contribution >= 0.6 is 11.6 Å². The smallest absolute Gasteiger partial charge is 0.319 e. The number of nitrogens with zero attached hydrogens (tertiary/aromatic N) is 1. The maximum Gasteiger partial charge on any atom is 0.319 e.